The Morgan fingerprint density at radius 1 is 1.25 bits per heavy atom. The second-order valence-electron chi connectivity index (χ2n) is 7.63. The number of ether oxygens (including phenoxy) is 1. The van der Waals surface area contributed by atoms with Crippen LogP contribution in [0, 0.1) is 10.1 Å². The monoisotopic (exact) mass is 436 g/mol. The van der Waals surface area contributed by atoms with Crippen LogP contribution in [0.1, 0.15) is 35.9 Å². The highest BCUT2D eigenvalue weighted by molar-refractivity contribution is 5.91. The van der Waals surface area contributed by atoms with Gasteiger partial charge in [-0.1, -0.05) is 12.1 Å². The summed E-state index contributed by atoms with van der Waals surface area (Å²) >= 11 is 0. The Morgan fingerprint density at radius 3 is 2.66 bits per heavy atom. The topological polar surface area (TPSA) is 104 Å². The highest BCUT2D eigenvalue weighted by Gasteiger charge is 2.25. The van der Waals surface area contributed by atoms with Gasteiger partial charge in [0.15, 0.2) is 0 Å². The van der Waals surface area contributed by atoms with Crippen LogP contribution in [0.2, 0.25) is 0 Å². The number of carbonyl (C=O) groups is 1. The molecule has 0 atom stereocenters. The molecule has 1 aromatic carbocycles. The van der Waals surface area contributed by atoms with Crippen LogP contribution in [0.25, 0.3) is 6.08 Å². The van der Waals surface area contributed by atoms with Crippen LogP contribution in [0.3, 0.4) is 0 Å². The number of furan rings is 1. The Kier molecular flexibility index (Phi) is 6.34. The number of methoxy groups -OCH3 is 1. The van der Waals surface area contributed by atoms with Gasteiger partial charge in [-0.05, 0) is 42.7 Å². The van der Waals surface area contributed by atoms with Crippen LogP contribution in [-0.2, 0) is 11.3 Å². The fraction of sp³-hybridized carbons (Fsp3) is 0.304. The van der Waals surface area contributed by atoms with E-state index >= 15 is 0 Å². The molecular weight excluding hydrogens is 412 g/mol. The van der Waals surface area contributed by atoms with Crippen LogP contribution in [0.4, 0.5) is 5.88 Å². The van der Waals surface area contributed by atoms with Gasteiger partial charge in [-0.15, -0.1) is 0 Å². The summed E-state index contributed by atoms with van der Waals surface area (Å²) < 4.78 is 12.4. The first kappa shape index (κ1) is 21.4. The molecule has 0 saturated carbocycles. The van der Waals surface area contributed by atoms with Crippen molar-refractivity contribution in [3.05, 3.63) is 82.1 Å². The maximum atomic E-state index is 12.5. The molecule has 0 N–H and O–H groups in total. The number of nitro groups is 1. The summed E-state index contributed by atoms with van der Waals surface area (Å²) in [6.07, 6.45) is 8.32. The van der Waals surface area contributed by atoms with E-state index in [2.05, 4.69) is 9.55 Å². The lowest BCUT2D eigenvalue weighted by atomic mass is 9.95. The lowest BCUT2D eigenvalue weighted by molar-refractivity contribution is -0.402. The summed E-state index contributed by atoms with van der Waals surface area (Å²) in [5.41, 5.74) is 1.17. The standard InChI is InChI=1S/C23H24N4O5/c1-31-19-4-2-17(3-5-19)16-26-15-12-24-23(26)18-10-13-25(14-11-18)21(28)8-6-20-7-9-22(32-20)27(29)30/h2-9,12,15,18H,10-11,13-14,16H2,1H3. The van der Waals surface area contributed by atoms with E-state index in [0.29, 0.717) is 13.1 Å². The van der Waals surface area contributed by atoms with E-state index in [1.165, 1.54) is 29.8 Å². The molecule has 3 aromatic rings. The zero-order chi connectivity index (χ0) is 22.5. The molecule has 2 aromatic heterocycles. The average molecular weight is 436 g/mol. The van der Waals surface area contributed by atoms with Crippen molar-refractivity contribution >= 4 is 17.9 Å². The van der Waals surface area contributed by atoms with Gasteiger partial charge in [0.1, 0.15) is 22.3 Å². The normalized spacial score (nSPS) is 14.7. The molecule has 0 unspecified atom stereocenters. The summed E-state index contributed by atoms with van der Waals surface area (Å²) in [6.45, 7) is 1.99. The van der Waals surface area contributed by atoms with Gasteiger partial charge in [-0.3, -0.25) is 14.9 Å². The molecule has 0 bridgehead atoms. The first-order valence-electron chi connectivity index (χ1n) is 10.4. The van der Waals surface area contributed by atoms with E-state index in [1.54, 1.807) is 12.0 Å². The highest BCUT2D eigenvalue weighted by atomic mass is 16.6. The van der Waals surface area contributed by atoms with Gasteiger partial charge in [0.25, 0.3) is 0 Å². The molecule has 1 saturated heterocycles. The maximum absolute atomic E-state index is 12.5. The summed E-state index contributed by atoms with van der Waals surface area (Å²) in [7, 11) is 1.65. The van der Waals surface area contributed by atoms with E-state index in [0.717, 1.165) is 31.0 Å². The molecule has 9 nitrogen and oxygen atoms in total. The summed E-state index contributed by atoms with van der Waals surface area (Å²) in [5, 5.41) is 10.7. The van der Waals surface area contributed by atoms with Gasteiger partial charge >= 0.3 is 5.88 Å². The van der Waals surface area contributed by atoms with E-state index < -0.39 is 4.92 Å². The number of nitrogens with zero attached hydrogens (tertiary/aromatic N) is 4. The Morgan fingerprint density at radius 2 is 2.00 bits per heavy atom. The largest absolute Gasteiger partial charge is 0.497 e. The summed E-state index contributed by atoms with van der Waals surface area (Å²) in [6, 6.07) is 10.7. The van der Waals surface area contributed by atoms with Crippen molar-refractivity contribution in [2.24, 2.45) is 0 Å². The third-order valence-corrected chi connectivity index (χ3v) is 5.61. The minimum atomic E-state index is -0.609. The van der Waals surface area contributed by atoms with Gasteiger partial charge in [-0.2, -0.15) is 0 Å². The number of imidazole rings is 1. The zero-order valence-electron chi connectivity index (χ0n) is 17.7. The predicted octanol–water partition coefficient (Wildman–Crippen LogP) is 3.86. The predicted molar refractivity (Wildman–Crippen MR) is 117 cm³/mol. The number of amides is 1. The second kappa shape index (κ2) is 9.51. The first-order chi connectivity index (χ1) is 15.5. The number of aromatic nitrogens is 2. The van der Waals surface area contributed by atoms with Gasteiger partial charge in [0, 0.05) is 44.0 Å². The lowest BCUT2D eigenvalue weighted by Crippen LogP contribution is -2.37. The number of hydrogen-bond donors (Lipinski definition) is 0. The van der Waals surface area contributed by atoms with Crippen molar-refractivity contribution in [3.8, 4) is 5.75 Å². The Balaban J connectivity index is 1.33. The quantitative estimate of drug-likeness (QED) is 0.316. The Labute approximate surface area is 185 Å². The smallest absolute Gasteiger partial charge is 0.433 e. The van der Waals surface area contributed by atoms with Crippen molar-refractivity contribution in [2.45, 2.75) is 25.3 Å². The number of likely N-dealkylation sites (tertiary alicyclic amines) is 1. The van der Waals surface area contributed by atoms with Crippen LogP contribution in [-0.4, -0.2) is 45.5 Å². The number of rotatable bonds is 7. The molecule has 0 spiro atoms. The van der Waals surface area contributed by atoms with E-state index in [1.807, 2.05) is 36.7 Å². The highest BCUT2D eigenvalue weighted by Crippen LogP contribution is 2.28. The third-order valence-electron chi connectivity index (χ3n) is 5.61. The van der Waals surface area contributed by atoms with Crippen LogP contribution in [0.15, 0.2) is 59.3 Å². The molecule has 32 heavy (non-hydrogen) atoms. The van der Waals surface area contributed by atoms with E-state index in [4.69, 9.17) is 9.15 Å². The van der Waals surface area contributed by atoms with Crippen LogP contribution in [0.5, 0.6) is 5.75 Å². The number of carbonyl (C=O) groups excluding carboxylic acids is 1. The molecular formula is C23H24N4O5. The molecule has 9 heteroatoms. The lowest BCUT2D eigenvalue weighted by Gasteiger charge is -2.31. The molecule has 1 fully saturated rings. The van der Waals surface area contributed by atoms with Crippen LogP contribution >= 0.6 is 0 Å². The third kappa shape index (κ3) is 4.88. The SMILES string of the molecule is COc1ccc(Cn2ccnc2C2CCN(C(=O)C=Cc3ccc([N+](=O)[O-])o3)CC2)cc1. The fourth-order valence-corrected chi connectivity index (χ4v) is 3.89. The minimum Gasteiger partial charge on any atom is -0.497 e. The molecule has 4 rings (SSSR count). The second-order valence-corrected chi connectivity index (χ2v) is 7.63. The molecule has 1 amide bonds. The molecule has 1 aliphatic rings. The summed E-state index contributed by atoms with van der Waals surface area (Å²) in [4.78, 5) is 28.9. The number of piperidine rings is 1. The number of hydrogen-bond acceptors (Lipinski definition) is 6. The zero-order valence-corrected chi connectivity index (χ0v) is 17.7. The Hall–Kier alpha value is -3.88. The molecule has 3 heterocycles. The fourth-order valence-electron chi connectivity index (χ4n) is 3.89. The first-order valence-corrected chi connectivity index (χ1v) is 10.4. The Bertz CT molecular complexity index is 1110. The molecule has 1 aliphatic heterocycles. The van der Waals surface area contributed by atoms with Crippen molar-refractivity contribution < 1.29 is 18.9 Å². The number of benzene rings is 1. The van der Waals surface area contributed by atoms with Crippen LogP contribution < -0.4 is 4.74 Å². The maximum Gasteiger partial charge on any atom is 0.433 e. The minimum absolute atomic E-state index is 0.135. The van der Waals surface area contributed by atoms with Crippen molar-refractivity contribution in [1.29, 1.82) is 0 Å². The van der Waals surface area contributed by atoms with E-state index in [9.17, 15) is 14.9 Å². The van der Waals surface area contributed by atoms with Crippen molar-refractivity contribution in [3.63, 3.8) is 0 Å². The summed E-state index contributed by atoms with van der Waals surface area (Å²) in [5.74, 6) is 1.94. The molecule has 0 radical (unpaired) electrons. The van der Waals surface area contributed by atoms with Gasteiger partial charge in [0.2, 0.25) is 5.91 Å². The molecule has 0 aliphatic carbocycles. The van der Waals surface area contributed by atoms with Crippen molar-refractivity contribution in [2.75, 3.05) is 20.2 Å². The van der Waals surface area contributed by atoms with Crippen molar-refractivity contribution in [1.82, 2.24) is 14.5 Å². The van der Waals surface area contributed by atoms with Gasteiger partial charge in [-0.25, -0.2) is 4.98 Å². The molecule has 166 valence electrons. The van der Waals surface area contributed by atoms with Gasteiger partial charge < -0.3 is 18.6 Å². The van der Waals surface area contributed by atoms with Gasteiger partial charge in [0.05, 0.1) is 13.2 Å². The average Bonchev–Trinajstić information content (AvgIpc) is 3.48. The van der Waals surface area contributed by atoms with E-state index in [-0.39, 0.29) is 23.5 Å².